The molecule has 0 aromatic heterocycles. The van der Waals surface area contributed by atoms with Crippen LogP contribution in [0.15, 0.2) is 12.1 Å². The molecule has 1 atom stereocenters. The van der Waals surface area contributed by atoms with E-state index >= 15 is 0 Å². The predicted molar refractivity (Wildman–Crippen MR) is 68.7 cm³/mol. The summed E-state index contributed by atoms with van der Waals surface area (Å²) in [4.78, 5) is 0. The SMILES string of the molecule is CCC(C)Oc1c(N)cc(C#N)cc1I. The van der Waals surface area contributed by atoms with Gasteiger partial charge in [-0.3, -0.25) is 0 Å². The van der Waals surface area contributed by atoms with Crippen LogP contribution in [0.2, 0.25) is 0 Å². The Balaban J connectivity index is 3.04. The van der Waals surface area contributed by atoms with Gasteiger partial charge in [-0.15, -0.1) is 0 Å². The van der Waals surface area contributed by atoms with Crippen LogP contribution in [0.5, 0.6) is 5.75 Å². The maximum absolute atomic E-state index is 8.76. The van der Waals surface area contributed by atoms with Crippen molar-refractivity contribution in [3.8, 4) is 11.8 Å². The van der Waals surface area contributed by atoms with Gasteiger partial charge in [0.15, 0.2) is 5.75 Å². The van der Waals surface area contributed by atoms with Crippen molar-refractivity contribution in [3.05, 3.63) is 21.3 Å². The molecule has 1 aromatic carbocycles. The van der Waals surface area contributed by atoms with Gasteiger partial charge in [0.1, 0.15) is 0 Å². The van der Waals surface area contributed by atoms with Crippen molar-refractivity contribution in [3.63, 3.8) is 0 Å². The third kappa shape index (κ3) is 2.99. The van der Waals surface area contributed by atoms with E-state index in [2.05, 4.69) is 35.6 Å². The molecule has 80 valence electrons. The Hall–Kier alpha value is -0.960. The molecule has 0 fully saturated rings. The fraction of sp³-hybridized carbons (Fsp3) is 0.364. The van der Waals surface area contributed by atoms with Crippen molar-refractivity contribution in [1.82, 2.24) is 0 Å². The number of halogens is 1. The minimum atomic E-state index is 0.133. The van der Waals surface area contributed by atoms with Crippen LogP contribution in [-0.4, -0.2) is 6.10 Å². The average molecular weight is 316 g/mol. The average Bonchev–Trinajstić information content (AvgIpc) is 2.22. The molecule has 0 aliphatic heterocycles. The molecule has 0 saturated heterocycles. The number of rotatable bonds is 3. The van der Waals surface area contributed by atoms with Crippen molar-refractivity contribution in [2.45, 2.75) is 26.4 Å². The lowest BCUT2D eigenvalue weighted by Crippen LogP contribution is -2.12. The zero-order chi connectivity index (χ0) is 11.4. The van der Waals surface area contributed by atoms with Crippen molar-refractivity contribution in [1.29, 1.82) is 5.26 Å². The monoisotopic (exact) mass is 316 g/mol. The zero-order valence-electron chi connectivity index (χ0n) is 8.75. The van der Waals surface area contributed by atoms with Crippen molar-refractivity contribution in [2.24, 2.45) is 0 Å². The Bertz CT molecular complexity index is 375. The Labute approximate surface area is 103 Å². The second kappa shape index (κ2) is 5.21. The van der Waals surface area contributed by atoms with Gasteiger partial charge in [0.25, 0.3) is 0 Å². The molecule has 0 aliphatic carbocycles. The van der Waals surface area contributed by atoms with Crippen LogP contribution in [0.25, 0.3) is 0 Å². The number of hydrogen-bond acceptors (Lipinski definition) is 3. The topological polar surface area (TPSA) is 59.0 Å². The van der Waals surface area contributed by atoms with Gasteiger partial charge in [-0.1, -0.05) is 6.92 Å². The van der Waals surface area contributed by atoms with Gasteiger partial charge in [-0.05, 0) is 48.1 Å². The molecule has 0 aliphatic rings. The van der Waals surface area contributed by atoms with Crippen molar-refractivity contribution >= 4 is 28.3 Å². The minimum absolute atomic E-state index is 0.133. The summed E-state index contributed by atoms with van der Waals surface area (Å²) in [6.45, 7) is 4.05. The predicted octanol–water partition coefficient (Wildman–Crippen LogP) is 2.92. The highest BCUT2D eigenvalue weighted by Gasteiger charge is 2.10. The summed E-state index contributed by atoms with van der Waals surface area (Å²) in [6, 6.07) is 5.47. The van der Waals surface area contributed by atoms with E-state index in [1.54, 1.807) is 12.1 Å². The lowest BCUT2D eigenvalue weighted by molar-refractivity contribution is 0.217. The first-order chi connectivity index (χ1) is 7.08. The first-order valence-corrected chi connectivity index (χ1v) is 5.82. The van der Waals surface area contributed by atoms with Gasteiger partial charge >= 0.3 is 0 Å². The highest BCUT2D eigenvalue weighted by atomic mass is 127. The molecule has 0 bridgehead atoms. The summed E-state index contributed by atoms with van der Waals surface area (Å²) in [5.41, 5.74) is 6.91. The molecule has 0 radical (unpaired) electrons. The van der Waals surface area contributed by atoms with E-state index in [1.807, 2.05) is 6.92 Å². The number of nitrogen functional groups attached to an aromatic ring is 1. The third-order valence-corrected chi connectivity index (χ3v) is 2.90. The molecule has 0 heterocycles. The number of hydrogen-bond donors (Lipinski definition) is 1. The Morgan fingerprint density at radius 3 is 2.73 bits per heavy atom. The summed E-state index contributed by atoms with van der Waals surface area (Å²) in [7, 11) is 0. The smallest absolute Gasteiger partial charge is 0.155 e. The van der Waals surface area contributed by atoms with Gasteiger partial charge in [-0.2, -0.15) is 5.26 Å². The highest BCUT2D eigenvalue weighted by Crippen LogP contribution is 2.30. The first kappa shape index (κ1) is 12.1. The minimum Gasteiger partial charge on any atom is -0.487 e. The molecule has 0 spiro atoms. The number of benzene rings is 1. The number of nitriles is 1. The zero-order valence-corrected chi connectivity index (χ0v) is 10.9. The van der Waals surface area contributed by atoms with Gasteiger partial charge in [0.05, 0.1) is 27.0 Å². The van der Waals surface area contributed by atoms with Crippen LogP contribution in [-0.2, 0) is 0 Å². The summed E-state index contributed by atoms with van der Waals surface area (Å²) in [5, 5.41) is 8.76. The van der Waals surface area contributed by atoms with E-state index in [4.69, 9.17) is 15.7 Å². The summed E-state index contributed by atoms with van der Waals surface area (Å²) in [5.74, 6) is 0.684. The van der Waals surface area contributed by atoms with Crippen molar-refractivity contribution < 1.29 is 4.74 Å². The van der Waals surface area contributed by atoms with E-state index in [-0.39, 0.29) is 6.10 Å². The van der Waals surface area contributed by atoms with Crippen molar-refractivity contribution in [2.75, 3.05) is 5.73 Å². The standard InChI is InChI=1S/C11H13IN2O/c1-3-7(2)15-11-9(12)4-8(6-13)5-10(11)14/h4-5,7H,3,14H2,1-2H3. The quantitative estimate of drug-likeness (QED) is 0.689. The van der Waals surface area contributed by atoms with Gasteiger partial charge in [0.2, 0.25) is 0 Å². The molecule has 3 nitrogen and oxygen atoms in total. The molecule has 2 N–H and O–H groups in total. The van der Waals surface area contributed by atoms with E-state index < -0.39 is 0 Å². The molecule has 0 amide bonds. The largest absolute Gasteiger partial charge is 0.487 e. The second-order valence-corrected chi connectivity index (χ2v) is 4.49. The van der Waals surface area contributed by atoms with Gasteiger partial charge in [0, 0.05) is 0 Å². The lowest BCUT2D eigenvalue weighted by Gasteiger charge is -2.16. The highest BCUT2D eigenvalue weighted by molar-refractivity contribution is 14.1. The number of nitrogens with zero attached hydrogens (tertiary/aromatic N) is 1. The molecule has 1 aromatic rings. The lowest BCUT2D eigenvalue weighted by atomic mass is 10.2. The summed E-state index contributed by atoms with van der Waals surface area (Å²) < 4.78 is 6.56. The summed E-state index contributed by atoms with van der Waals surface area (Å²) >= 11 is 2.13. The first-order valence-electron chi connectivity index (χ1n) is 4.74. The van der Waals surface area contributed by atoms with Crippen LogP contribution >= 0.6 is 22.6 Å². The van der Waals surface area contributed by atoms with Crippen LogP contribution < -0.4 is 10.5 Å². The van der Waals surface area contributed by atoms with Crippen LogP contribution in [0.3, 0.4) is 0 Å². The van der Waals surface area contributed by atoms with Crippen LogP contribution in [0, 0.1) is 14.9 Å². The Morgan fingerprint density at radius 1 is 1.60 bits per heavy atom. The van der Waals surface area contributed by atoms with Gasteiger partial charge in [-0.25, -0.2) is 0 Å². The fourth-order valence-electron chi connectivity index (χ4n) is 1.09. The van der Waals surface area contributed by atoms with E-state index in [9.17, 15) is 0 Å². The Kier molecular flexibility index (Phi) is 4.21. The number of ether oxygens (including phenoxy) is 1. The van der Waals surface area contributed by atoms with E-state index in [1.165, 1.54) is 0 Å². The molecule has 4 heteroatoms. The summed E-state index contributed by atoms with van der Waals surface area (Å²) in [6.07, 6.45) is 1.06. The van der Waals surface area contributed by atoms with Crippen LogP contribution in [0.1, 0.15) is 25.8 Å². The van der Waals surface area contributed by atoms with E-state index in [0.717, 1.165) is 9.99 Å². The number of nitrogens with two attached hydrogens (primary N) is 1. The molecule has 1 unspecified atom stereocenters. The normalized spacial score (nSPS) is 11.9. The second-order valence-electron chi connectivity index (χ2n) is 3.32. The maximum atomic E-state index is 8.76. The molecular formula is C11H13IN2O. The maximum Gasteiger partial charge on any atom is 0.155 e. The van der Waals surface area contributed by atoms with E-state index in [0.29, 0.717) is 17.0 Å². The number of anilines is 1. The molecular weight excluding hydrogens is 303 g/mol. The Morgan fingerprint density at radius 2 is 2.27 bits per heavy atom. The molecule has 15 heavy (non-hydrogen) atoms. The molecule has 0 saturated carbocycles. The van der Waals surface area contributed by atoms with Crippen LogP contribution in [0.4, 0.5) is 5.69 Å². The van der Waals surface area contributed by atoms with Gasteiger partial charge < -0.3 is 10.5 Å². The molecule has 1 rings (SSSR count). The fourth-order valence-corrected chi connectivity index (χ4v) is 1.86. The third-order valence-electron chi connectivity index (χ3n) is 2.10.